The van der Waals surface area contributed by atoms with E-state index >= 15 is 0 Å². The molecule has 0 aliphatic heterocycles. The summed E-state index contributed by atoms with van der Waals surface area (Å²) in [5.74, 6) is 0.0990. The molecule has 8 nitrogen and oxygen atoms in total. The van der Waals surface area contributed by atoms with E-state index in [-0.39, 0.29) is 23.3 Å². The second-order valence-corrected chi connectivity index (χ2v) is 11.9. The average Bonchev–Trinajstić information content (AvgIpc) is 2.97. The van der Waals surface area contributed by atoms with Crippen LogP contribution in [0.2, 0.25) is 0 Å². The van der Waals surface area contributed by atoms with Gasteiger partial charge in [0.05, 0.1) is 17.7 Å². The Morgan fingerprint density at radius 2 is 1.48 bits per heavy atom. The Bertz CT molecular complexity index is 1360. The molecule has 0 aliphatic rings. The number of nitrogens with one attached hydrogen (secondary N) is 1. The highest BCUT2D eigenvalue weighted by molar-refractivity contribution is 7.92. The first-order valence-corrected chi connectivity index (χ1v) is 14.9. The van der Waals surface area contributed by atoms with Crippen molar-refractivity contribution in [2.45, 2.75) is 51.6 Å². The zero-order valence-electron chi connectivity index (χ0n) is 23.8. The number of hydrogen-bond donors (Lipinski definition) is 1. The normalized spacial score (nSPS) is 12.1. The van der Waals surface area contributed by atoms with Crippen molar-refractivity contribution in [2.24, 2.45) is 5.92 Å². The minimum atomic E-state index is -4.08. The Morgan fingerprint density at radius 1 is 0.875 bits per heavy atom. The molecule has 0 spiro atoms. The van der Waals surface area contributed by atoms with Crippen LogP contribution in [0.5, 0.6) is 5.75 Å². The molecule has 0 heterocycles. The van der Waals surface area contributed by atoms with Gasteiger partial charge in [-0.3, -0.25) is 13.9 Å². The van der Waals surface area contributed by atoms with Gasteiger partial charge in [-0.25, -0.2) is 8.42 Å². The summed E-state index contributed by atoms with van der Waals surface area (Å²) < 4.78 is 34.0. The van der Waals surface area contributed by atoms with Crippen molar-refractivity contribution < 1.29 is 22.7 Å². The maximum atomic E-state index is 14.0. The van der Waals surface area contributed by atoms with E-state index in [0.717, 1.165) is 21.9 Å². The van der Waals surface area contributed by atoms with E-state index in [1.54, 1.807) is 56.5 Å². The third-order valence-corrected chi connectivity index (χ3v) is 8.39. The van der Waals surface area contributed by atoms with Gasteiger partial charge in [0.15, 0.2) is 0 Å². The lowest BCUT2D eigenvalue weighted by molar-refractivity contribution is -0.139. The monoisotopic (exact) mass is 565 g/mol. The highest BCUT2D eigenvalue weighted by Crippen LogP contribution is 2.25. The molecule has 3 aromatic carbocycles. The molecule has 0 fully saturated rings. The van der Waals surface area contributed by atoms with Crippen LogP contribution in [0, 0.1) is 5.92 Å². The molecular weight excluding hydrogens is 526 g/mol. The molecule has 2 amide bonds. The minimum Gasteiger partial charge on any atom is -0.497 e. The van der Waals surface area contributed by atoms with Crippen LogP contribution in [0.15, 0.2) is 83.8 Å². The summed E-state index contributed by atoms with van der Waals surface area (Å²) in [5, 5.41) is 2.89. The Kier molecular flexibility index (Phi) is 10.7. The largest absolute Gasteiger partial charge is 0.497 e. The first kappa shape index (κ1) is 30.7. The van der Waals surface area contributed by atoms with E-state index in [1.807, 2.05) is 45.0 Å². The second kappa shape index (κ2) is 14.0. The highest BCUT2D eigenvalue weighted by Gasteiger charge is 2.32. The van der Waals surface area contributed by atoms with E-state index in [2.05, 4.69) is 5.32 Å². The molecule has 0 radical (unpaired) electrons. The summed E-state index contributed by atoms with van der Waals surface area (Å²) >= 11 is 0. The maximum Gasteiger partial charge on any atom is 0.264 e. The Balaban J connectivity index is 1.99. The highest BCUT2D eigenvalue weighted by atomic mass is 32.2. The van der Waals surface area contributed by atoms with Crippen LogP contribution in [-0.2, 0) is 32.6 Å². The number of sulfonamides is 1. The second-order valence-electron chi connectivity index (χ2n) is 10.0. The third kappa shape index (κ3) is 7.85. The number of carbonyl (C=O) groups excluding carboxylic acids is 2. The molecule has 3 aromatic rings. The molecule has 0 saturated heterocycles. The lowest BCUT2D eigenvalue weighted by atomic mass is 10.1. The van der Waals surface area contributed by atoms with Crippen molar-refractivity contribution in [3.8, 4) is 5.75 Å². The SMILES string of the molecule is CCc1ccc(N(CC(=O)N(Cc2ccc(OC)cc2)[C@@H](C)C(=O)NCC(C)C)S(=O)(=O)c2ccccc2)cc1. The summed E-state index contributed by atoms with van der Waals surface area (Å²) in [5.41, 5.74) is 2.20. The average molecular weight is 566 g/mol. The van der Waals surface area contributed by atoms with Gasteiger partial charge >= 0.3 is 0 Å². The lowest BCUT2D eigenvalue weighted by Gasteiger charge is -2.32. The lowest BCUT2D eigenvalue weighted by Crippen LogP contribution is -2.51. The number of carbonyl (C=O) groups is 2. The number of methoxy groups -OCH3 is 1. The molecule has 214 valence electrons. The van der Waals surface area contributed by atoms with Gasteiger partial charge in [0.1, 0.15) is 18.3 Å². The number of nitrogens with zero attached hydrogens (tertiary/aromatic N) is 2. The van der Waals surface area contributed by atoms with E-state index in [4.69, 9.17) is 4.74 Å². The van der Waals surface area contributed by atoms with Gasteiger partial charge in [-0.15, -0.1) is 0 Å². The van der Waals surface area contributed by atoms with Crippen molar-refractivity contribution in [1.29, 1.82) is 0 Å². The number of amides is 2. The number of hydrogen-bond acceptors (Lipinski definition) is 5. The van der Waals surface area contributed by atoms with E-state index < -0.39 is 28.5 Å². The molecule has 9 heteroatoms. The molecule has 0 aliphatic carbocycles. The van der Waals surface area contributed by atoms with Gasteiger partial charge < -0.3 is 15.0 Å². The van der Waals surface area contributed by atoms with E-state index in [9.17, 15) is 18.0 Å². The minimum absolute atomic E-state index is 0.0757. The molecule has 0 bridgehead atoms. The number of benzene rings is 3. The van der Waals surface area contributed by atoms with Crippen LogP contribution in [0.4, 0.5) is 5.69 Å². The maximum absolute atomic E-state index is 14.0. The zero-order chi connectivity index (χ0) is 29.3. The predicted molar refractivity (Wildman–Crippen MR) is 158 cm³/mol. The van der Waals surface area contributed by atoms with Crippen molar-refractivity contribution in [3.63, 3.8) is 0 Å². The summed E-state index contributed by atoms with van der Waals surface area (Å²) in [6.07, 6.45) is 0.795. The van der Waals surface area contributed by atoms with Gasteiger partial charge in [0, 0.05) is 13.1 Å². The smallest absolute Gasteiger partial charge is 0.264 e. The summed E-state index contributed by atoms with van der Waals surface area (Å²) in [4.78, 5) is 28.5. The van der Waals surface area contributed by atoms with Crippen molar-refractivity contribution in [1.82, 2.24) is 10.2 Å². The zero-order valence-corrected chi connectivity index (χ0v) is 24.6. The van der Waals surface area contributed by atoms with Crippen molar-refractivity contribution >= 4 is 27.5 Å². The van der Waals surface area contributed by atoms with Crippen LogP contribution in [0.3, 0.4) is 0 Å². The van der Waals surface area contributed by atoms with Gasteiger partial charge in [0.2, 0.25) is 11.8 Å². The Hall–Kier alpha value is -3.85. The van der Waals surface area contributed by atoms with E-state index in [0.29, 0.717) is 18.0 Å². The summed E-state index contributed by atoms with van der Waals surface area (Å²) in [7, 11) is -2.51. The topological polar surface area (TPSA) is 96.0 Å². The van der Waals surface area contributed by atoms with E-state index in [1.165, 1.54) is 17.0 Å². The fourth-order valence-electron chi connectivity index (χ4n) is 4.11. The molecular formula is C31H39N3O5S. The fraction of sp³-hybridized carbons (Fsp3) is 0.355. The molecule has 0 unspecified atom stereocenters. The van der Waals surface area contributed by atoms with Crippen molar-refractivity contribution in [2.75, 3.05) is 24.5 Å². The molecule has 1 N–H and O–H groups in total. The van der Waals surface area contributed by atoms with Crippen LogP contribution >= 0.6 is 0 Å². The molecule has 40 heavy (non-hydrogen) atoms. The number of ether oxygens (including phenoxy) is 1. The van der Waals surface area contributed by atoms with Gasteiger partial charge in [-0.1, -0.05) is 63.2 Å². The fourth-order valence-corrected chi connectivity index (χ4v) is 5.54. The molecule has 1 atom stereocenters. The molecule has 3 rings (SSSR count). The van der Waals surface area contributed by atoms with Crippen LogP contribution in [-0.4, -0.2) is 51.4 Å². The Morgan fingerprint density at radius 3 is 2.02 bits per heavy atom. The first-order valence-electron chi connectivity index (χ1n) is 13.4. The summed E-state index contributed by atoms with van der Waals surface area (Å²) in [6.45, 7) is 7.76. The van der Waals surface area contributed by atoms with Gasteiger partial charge in [0.25, 0.3) is 10.0 Å². The van der Waals surface area contributed by atoms with Crippen LogP contribution in [0.25, 0.3) is 0 Å². The number of aryl methyl sites for hydroxylation is 1. The molecule has 0 aromatic heterocycles. The predicted octanol–water partition coefficient (Wildman–Crippen LogP) is 4.64. The van der Waals surface area contributed by atoms with Gasteiger partial charge in [-0.05, 0) is 66.8 Å². The van der Waals surface area contributed by atoms with Crippen LogP contribution in [0.1, 0.15) is 38.8 Å². The third-order valence-electron chi connectivity index (χ3n) is 6.61. The van der Waals surface area contributed by atoms with Gasteiger partial charge in [-0.2, -0.15) is 0 Å². The number of rotatable bonds is 13. The number of anilines is 1. The summed E-state index contributed by atoms with van der Waals surface area (Å²) in [6, 6.07) is 21.5. The van der Waals surface area contributed by atoms with Crippen molar-refractivity contribution in [3.05, 3.63) is 90.0 Å². The van der Waals surface area contributed by atoms with Crippen LogP contribution < -0.4 is 14.4 Å². The molecule has 0 saturated carbocycles. The Labute approximate surface area is 238 Å². The quantitative estimate of drug-likeness (QED) is 0.326. The standard InChI is InChI=1S/C31H39N3O5S/c1-6-25-12-16-27(17-13-25)34(40(37,38)29-10-8-7-9-11-29)22-30(35)33(24(4)31(36)32-20-23(2)3)21-26-14-18-28(39-5)19-15-26/h7-19,23-24H,6,20-22H2,1-5H3,(H,32,36)/t24-/m0/s1. The first-order chi connectivity index (χ1) is 19.1.